The summed E-state index contributed by atoms with van der Waals surface area (Å²) in [4.78, 5) is 26.1. The second-order valence-corrected chi connectivity index (χ2v) is 5.56. The molecule has 0 amide bonds. The number of nitrogens with one attached hydrogen (secondary N) is 2. The molecule has 0 aliphatic rings. The Morgan fingerprint density at radius 3 is 2.45 bits per heavy atom. The fraction of sp³-hybridized carbons (Fsp3) is 0.714. The van der Waals surface area contributed by atoms with E-state index >= 15 is 0 Å². The summed E-state index contributed by atoms with van der Waals surface area (Å²) < 4.78 is 1.42. The number of aromatic nitrogens is 2. The van der Waals surface area contributed by atoms with Gasteiger partial charge in [-0.15, -0.1) is 0 Å². The number of anilines is 2. The van der Waals surface area contributed by atoms with Gasteiger partial charge in [-0.25, -0.2) is 4.79 Å². The maximum atomic E-state index is 11.9. The summed E-state index contributed by atoms with van der Waals surface area (Å²) in [6.07, 6.45) is 2.88. The van der Waals surface area contributed by atoms with Crippen molar-refractivity contribution in [3.63, 3.8) is 0 Å². The van der Waals surface area contributed by atoms with Crippen molar-refractivity contribution < 1.29 is 0 Å². The van der Waals surface area contributed by atoms with Gasteiger partial charge in [0.1, 0.15) is 11.5 Å². The molecule has 0 aliphatic heterocycles. The zero-order valence-electron chi connectivity index (χ0n) is 12.8. The highest BCUT2D eigenvalue weighted by atomic mass is 16.2. The molecule has 4 N–H and O–H groups in total. The largest absolute Gasteiger partial charge is 0.383 e. The SMILES string of the molecule is CCCC(CC)Nc1c(N)n(CC(C)C)c(=O)[nH]c1=O. The van der Waals surface area contributed by atoms with E-state index in [2.05, 4.69) is 24.1 Å². The van der Waals surface area contributed by atoms with Crippen molar-refractivity contribution in [2.75, 3.05) is 11.1 Å². The molecule has 0 fully saturated rings. The smallest absolute Gasteiger partial charge is 0.330 e. The van der Waals surface area contributed by atoms with Crippen LogP contribution in [-0.2, 0) is 6.54 Å². The number of aromatic amines is 1. The molecule has 6 heteroatoms. The molecule has 114 valence electrons. The van der Waals surface area contributed by atoms with Crippen molar-refractivity contribution >= 4 is 11.5 Å². The van der Waals surface area contributed by atoms with Crippen LogP contribution in [0.25, 0.3) is 0 Å². The summed E-state index contributed by atoms with van der Waals surface area (Å²) in [5.74, 6) is 0.494. The van der Waals surface area contributed by atoms with Gasteiger partial charge in [-0.2, -0.15) is 0 Å². The molecule has 0 bridgehead atoms. The van der Waals surface area contributed by atoms with Gasteiger partial charge in [0.05, 0.1) is 0 Å². The number of hydrogen-bond acceptors (Lipinski definition) is 4. The first-order valence-corrected chi connectivity index (χ1v) is 7.29. The lowest BCUT2D eigenvalue weighted by atomic mass is 10.1. The third-order valence-electron chi connectivity index (χ3n) is 3.27. The van der Waals surface area contributed by atoms with Crippen LogP contribution in [0, 0.1) is 5.92 Å². The summed E-state index contributed by atoms with van der Waals surface area (Å²) in [6, 6.07) is 0.188. The maximum absolute atomic E-state index is 11.9. The Kier molecular flexibility index (Phi) is 5.85. The Hall–Kier alpha value is -1.72. The predicted molar refractivity (Wildman–Crippen MR) is 83.2 cm³/mol. The Balaban J connectivity index is 3.19. The lowest BCUT2D eigenvalue weighted by molar-refractivity contribution is 0.507. The highest BCUT2D eigenvalue weighted by Crippen LogP contribution is 2.15. The molecule has 0 aromatic carbocycles. The van der Waals surface area contributed by atoms with Gasteiger partial charge in [-0.3, -0.25) is 14.3 Å². The number of H-pyrrole nitrogens is 1. The average Bonchev–Trinajstić information content (AvgIpc) is 2.37. The van der Waals surface area contributed by atoms with Crippen LogP contribution in [0.1, 0.15) is 47.0 Å². The van der Waals surface area contributed by atoms with Crippen LogP contribution >= 0.6 is 0 Å². The highest BCUT2D eigenvalue weighted by molar-refractivity contribution is 5.60. The van der Waals surface area contributed by atoms with Crippen LogP contribution in [0.15, 0.2) is 9.59 Å². The average molecular weight is 282 g/mol. The van der Waals surface area contributed by atoms with Gasteiger partial charge in [0.25, 0.3) is 5.56 Å². The van der Waals surface area contributed by atoms with E-state index < -0.39 is 11.2 Å². The summed E-state index contributed by atoms with van der Waals surface area (Å²) in [7, 11) is 0. The molecule has 1 aromatic rings. The number of nitrogen functional groups attached to an aromatic ring is 1. The normalized spacial score (nSPS) is 12.7. The Bertz CT molecular complexity index is 545. The molecule has 1 aromatic heterocycles. The minimum Gasteiger partial charge on any atom is -0.383 e. The van der Waals surface area contributed by atoms with Crippen molar-refractivity contribution in [2.24, 2.45) is 5.92 Å². The monoisotopic (exact) mass is 282 g/mol. The van der Waals surface area contributed by atoms with Crippen LogP contribution < -0.4 is 22.3 Å². The van der Waals surface area contributed by atoms with E-state index in [0.29, 0.717) is 12.2 Å². The third-order valence-corrected chi connectivity index (χ3v) is 3.27. The topological polar surface area (TPSA) is 92.9 Å². The van der Waals surface area contributed by atoms with Crippen molar-refractivity contribution in [1.82, 2.24) is 9.55 Å². The Morgan fingerprint density at radius 2 is 1.95 bits per heavy atom. The molecule has 1 unspecified atom stereocenters. The number of nitrogens with two attached hydrogens (primary N) is 1. The fourth-order valence-corrected chi connectivity index (χ4v) is 2.20. The predicted octanol–water partition coefficient (Wildman–Crippen LogP) is 1.77. The van der Waals surface area contributed by atoms with Crippen molar-refractivity contribution in [2.45, 2.75) is 59.5 Å². The van der Waals surface area contributed by atoms with Crippen LogP contribution in [0.3, 0.4) is 0 Å². The van der Waals surface area contributed by atoms with Gasteiger partial charge in [0.2, 0.25) is 0 Å². The molecule has 0 saturated heterocycles. The van der Waals surface area contributed by atoms with E-state index in [1.807, 2.05) is 13.8 Å². The van der Waals surface area contributed by atoms with Crippen LogP contribution in [0.4, 0.5) is 11.5 Å². The first-order chi connectivity index (χ1) is 9.40. The van der Waals surface area contributed by atoms with Gasteiger partial charge in [-0.05, 0) is 18.8 Å². The number of rotatable bonds is 7. The molecule has 0 spiro atoms. The summed E-state index contributed by atoms with van der Waals surface area (Å²) in [5.41, 5.74) is 5.43. The van der Waals surface area contributed by atoms with Crippen LogP contribution in [0.5, 0.6) is 0 Å². The van der Waals surface area contributed by atoms with Crippen molar-refractivity contribution in [3.05, 3.63) is 20.8 Å². The lowest BCUT2D eigenvalue weighted by Gasteiger charge is -2.20. The van der Waals surface area contributed by atoms with Gasteiger partial charge in [0, 0.05) is 12.6 Å². The van der Waals surface area contributed by atoms with E-state index in [4.69, 9.17) is 5.73 Å². The minimum atomic E-state index is -0.449. The standard InChI is InChI=1S/C14H26N4O2/c1-5-7-10(6-2)16-11-12(15)18(8-9(3)4)14(20)17-13(11)19/h9-10,16H,5-8,15H2,1-4H3,(H,17,19,20). The quantitative estimate of drug-likeness (QED) is 0.710. The molecule has 1 rings (SSSR count). The van der Waals surface area contributed by atoms with Gasteiger partial charge in [-0.1, -0.05) is 34.1 Å². The second kappa shape index (κ2) is 7.17. The molecule has 1 atom stereocenters. The van der Waals surface area contributed by atoms with Gasteiger partial charge in [0.15, 0.2) is 0 Å². The number of hydrogen-bond donors (Lipinski definition) is 3. The van der Waals surface area contributed by atoms with E-state index in [9.17, 15) is 9.59 Å². The van der Waals surface area contributed by atoms with E-state index in [0.717, 1.165) is 19.3 Å². The molecule has 1 heterocycles. The molecule has 0 radical (unpaired) electrons. The molecule has 6 nitrogen and oxygen atoms in total. The van der Waals surface area contributed by atoms with Gasteiger partial charge < -0.3 is 11.1 Å². The van der Waals surface area contributed by atoms with Crippen LogP contribution in [-0.4, -0.2) is 15.6 Å². The number of nitrogens with zero attached hydrogens (tertiary/aromatic N) is 1. The van der Waals surface area contributed by atoms with Crippen molar-refractivity contribution in [3.8, 4) is 0 Å². The molecule has 0 saturated carbocycles. The highest BCUT2D eigenvalue weighted by Gasteiger charge is 2.15. The molecular weight excluding hydrogens is 256 g/mol. The van der Waals surface area contributed by atoms with Gasteiger partial charge >= 0.3 is 5.69 Å². The van der Waals surface area contributed by atoms with Crippen molar-refractivity contribution in [1.29, 1.82) is 0 Å². The Morgan fingerprint density at radius 1 is 1.30 bits per heavy atom. The molecule has 0 aliphatic carbocycles. The Labute approximate surface area is 119 Å². The zero-order valence-corrected chi connectivity index (χ0v) is 12.8. The molecule has 20 heavy (non-hydrogen) atoms. The first-order valence-electron chi connectivity index (χ1n) is 7.29. The molecular formula is C14H26N4O2. The van der Waals surface area contributed by atoms with Crippen LogP contribution in [0.2, 0.25) is 0 Å². The maximum Gasteiger partial charge on any atom is 0.330 e. The van der Waals surface area contributed by atoms with E-state index in [1.165, 1.54) is 4.57 Å². The lowest BCUT2D eigenvalue weighted by Crippen LogP contribution is -2.36. The minimum absolute atomic E-state index is 0.188. The summed E-state index contributed by atoms with van der Waals surface area (Å²) in [5, 5.41) is 3.18. The summed E-state index contributed by atoms with van der Waals surface area (Å²) in [6.45, 7) is 8.63. The third kappa shape index (κ3) is 3.88. The zero-order chi connectivity index (χ0) is 15.3. The van der Waals surface area contributed by atoms with E-state index in [-0.39, 0.29) is 17.8 Å². The summed E-state index contributed by atoms with van der Waals surface area (Å²) >= 11 is 0. The first kappa shape index (κ1) is 16.3. The fourth-order valence-electron chi connectivity index (χ4n) is 2.20. The van der Waals surface area contributed by atoms with E-state index in [1.54, 1.807) is 0 Å². The second-order valence-electron chi connectivity index (χ2n) is 5.56.